The van der Waals surface area contributed by atoms with Gasteiger partial charge in [-0.1, -0.05) is 164 Å². The molecule has 0 radical (unpaired) electrons. The molecule has 0 aliphatic carbocycles. The molecule has 0 saturated heterocycles. The van der Waals surface area contributed by atoms with Crippen molar-refractivity contribution in [3.05, 3.63) is 200 Å². The van der Waals surface area contributed by atoms with Gasteiger partial charge in [0.2, 0.25) is 0 Å². The Labute approximate surface area is 312 Å². The number of furan rings is 1. The molecule has 2 heteroatoms. The minimum absolute atomic E-state index is 0.862. The second-order valence-electron chi connectivity index (χ2n) is 14.1. The molecule has 252 valence electrons. The van der Waals surface area contributed by atoms with Crippen molar-refractivity contribution in [2.75, 3.05) is 4.90 Å². The Hall–Kier alpha value is -7.16. The maximum atomic E-state index is 6.86. The molecule has 0 unspecified atom stereocenters. The Balaban J connectivity index is 1.14. The Bertz CT molecular complexity index is 3210. The van der Waals surface area contributed by atoms with E-state index in [2.05, 4.69) is 199 Å². The first-order valence-electron chi connectivity index (χ1n) is 18.5. The first-order chi connectivity index (χ1) is 26.8. The van der Waals surface area contributed by atoms with Crippen LogP contribution in [0.5, 0.6) is 0 Å². The maximum Gasteiger partial charge on any atom is 0.160 e. The lowest BCUT2D eigenvalue weighted by Crippen LogP contribution is -2.10. The zero-order valence-corrected chi connectivity index (χ0v) is 29.4. The van der Waals surface area contributed by atoms with Crippen LogP contribution in [-0.2, 0) is 0 Å². The summed E-state index contributed by atoms with van der Waals surface area (Å²) in [5, 5.41) is 12.2. The highest BCUT2D eigenvalue weighted by Crippen LogP contribution is 2.47. The smallest absolute Gasteiger partial charge is 0.160 e. The number of anilines is 3. The first-order valence-corrected chi connectivity index (χ1v) is 18.5. The third-order valence-electron chi connectivity index (χ3n) is 11.0. The normalized spacial score (nSPS) is 11.7. The summed E-state index contributed by atoms with van der Waals surface area (Å²) < 4.78 is 6.86. The minimum Gasteiger partial charge on any atom is -0.454 e. The van der Waals surface area contributed by atoms with Crippen LogP contribution >= 0.6 is 0 Å². The molecule has 11 aromatic rings. The fourth-order valence-corrected chi connectivity index (χ4v) is 8.49. The van der Waals surface area contributed by atoms with Gasteiger partial charge in [0, 0.05) is 22.1 Å². The van der Waals surface area contributed by atoms with E-state index in [1.807, 2.05) is 6.07 Å². The van der Waals surface area contributed by atoms with Gasteiger partial charge in [-0.3, -0.25) is 0 Å². The fraction of sp³-hybridized carbons (Fsp3) is 0. The summed E-state index contributed by atoms with van der Waals surface area (Å²) in [6.07, 6.45) is 0. The maximum absolute atomic E-state index is 6.86. The highest BCUT2D eigenvalue weighted by atomic mass is 16.3. The number of hydrogen-bond acceptors (Lipinski definition) is 2. The van der Waals surface area contributed by atoms with Crippen LogP contribution in [0.1, 0.15) is 0 Å². The molecule has 0 bridgehead atoms. The molecule has 54 heavy (non-hydrogen) atoms. The zero-order chi connectivity index (χ0) is 35.6. The summed E-state index contributed by atoms with van der Waals surface area (Å²) in [5.74, 6) is 0. The molecule has 11 rings (SSSR count). The molecule has 0 aliphatic rings. The predicted molar refractivity (Wildman–Crippen MR) is 229 cm³/mol. The molecule has 1 heterocycles. The molecule has 0 N–H and O–H groups in total. The molecule has 0 aliphatic heterocycles. The standard InChI is InChI=1S/C52H33NO/c1-2-11-34(12-3-1)44-31-32-49(52-51(44)47-17-8-9-20-50(47)54-52)53(40-29-25-38-22-21-35-13-5-7-16-43(35)48(38)33-40)39-27-23-37(24-28-39)42-18-10-19-45-41-15-6-4-14-36(41)26-30-46(42)45/h1-33H. The van der Waals surface area contributed by atoms with E-state index in [0.29, 0.717) is 0 Å². The van der Waals surface area contributed by atoms with Crippen LogP contribution in [0.2, 0.25) is 0 Å². The summed E-state index contributed by atoms with van der Waals surface area (Å²) in [4.78, 5) is 2.36. The van der Waals surface area contributed by atoms with Crippen molar-refractivity contribution in [2.45, 2.75) is 0 Å². The van der Waals surface area contributed by atoms with Crippen LogP contribution in [0.15, 0.2) is 205 Å². The van der Waals surface area contributed by atoms with Crippen molar-refractivity contribution in [3.63, 3.8) is 0 Å². The minimum atomic E-state index is 0.862. The van der Waals surface area contributed by atoms with Crippen LogP contribution in [0.25, 0.3) is 87.3 Å². The Morgan fingerprint density at radius 2 is 0.926 bits per heavy atom. The van der Waals surface area contributed by atoms with E-state index >= 15 is 0 Å². The summed E-state index contributed by atoms with van der Waals surface area (Å²) in [5.41, 5.74) is 9.57. The summed E-state index contributed by atoms with van der Waals surface area (Å²) in [7, 11) is 0. The van der Waals surface area contributed by atoms with E-state index in [9.17, 15) is 0 Å². The number of hydrogen-bond donors (Lipinski definition) is 0. The van der Waals surface area contributed by atoms with E-state index < -0.39 is 0 Å². The van der Waals surface area contributed by atoms with Crippen molar-refractivity contribution in [3.8, 4) is 22.3 Å². The molecule has 2 nitrogen and oxygen atoms in total. The quantitative estimate of drug-likeness (QED) is 0.168. The van der Waals surface area contributed by atoms with Crippen molar-refractivity contribution < 1.29 is 4.42 Å². The van der Waals surface area contributed by atoms with Crippen molar-refractivity contribution in [2.24, 2.45) is 0 Å². The lowest BCUT2D eigenvalue weighted by molar-refractivity contribution is 0.669. The molecule has 0 fully saturated rings. The van der Waals surface area contributed by atoms with E-state index in [4.69, 9.17) is 4.42 Å². The van der Waals surface area contributed by atoms with Gasteiger partial charge in [0.1, 0.15) is 5.58 Å². The molecule has 0 atom stereocenters. The Morgan fingerprint density at radius 3 is 1.72 bits per heavy atom. The van der Waals surface area contributed by atoms with E-state index in [1.165, 1.54) is 54.2 Å². The highest BCUT2D eigenvalue weighted by molar-refractivity contribution is 6.17. The average molecular weight is 688 g/mol. The number of nitrogens with zero attached hydrogens (tertiary/aromatic N) is 1. The van der Waals surface area contributed by atoms with Crippen LogP contribution in [-0.4, -0.2) is 0 Å². The zero-order valence-electron chi connectivity index (χ0n) is 29.4. The monoisotopic (exact) mass is 687 g/mol. The number of benzene rings is 10. The predicted octanol–water partition coefficient (Wildman–Crippen LogP) is 15.0. The van der Waals surface area contributed by atoms with Gasteiger partial charge >= 0.3 is 0 Å². The van der Waals surface area contributed by atoms with E-state index in [-0.39, 0.29) is 0 Å². The van der Waals surface area contributed by atoms with Gasteiger partial charge < -0.3 is 9.32 Å². The topological polar surface area (TPSA) is 16.4 Å². The molecular weight excluding hydrogens is 655 g/mol. The van der Waals surface area contributed by atoms with Gasteiger partial charge in [0.05, 0.1) is 5.69 Å². The summed E-state index contributed by atoms with van der Waals surface area (Å²) in [6.45, 7) is 0. The molecule has 0 amide bonds. The van der Waals surface area contributed by atoms with E-state index in [0.717, 1.165) is 50.1 Å². The third kappa shape index (κ3) is 4.81. The van der Waals surface area contributed by atoms with Gasteiger partial charge in [-0.25, -0.2) is 0 Å². The lowest BCUT2D eigenvalue weighted by Gasteiger charge is -2.27. The van der Waals surface area contributed by atoms with Gasteiger partial charge in [-0.15, -0.1) is 0 Å². The Morgan fingerprint density at radius 1 is 0.333 bits per heavy atom. The van der Waals surface area contributed by atoms with Crippen LogP contribution < -0.4 is 4.90 Å². The van der Waals surface area contributed by atoms with Gasteiger partial charge in [-0.05, 0) is 102 Å². The molecule has 0 spiro atoms. The van der Waals surface area contributed by atoms with Crippen molar-refractivity contribution in [1.29, 1.82) is 0 Å². The highest BCUT2D eigenvalue weighted by Gasteiger charge is 2.23. The second-order valence-corrected chi connectivity index (χ2v) is 14.1. The Kier molecular flexibility index (Phi) is 6.90. The van der Waals surface area contributed by atoms with Crippen LogP contribution in [0.3, 0.4) is 0 Å². The summed E-state index contributed by atoms with van der Waals surface area (Å²) >= 11 is 0. The largest absolute Gasteiger partial charge is 0.454 e. The SMILES string of the molecule is c1ccc(-c2ccc(N(c3ccc(-c4cccc5c4ccc4ccccc45)cc3)c3ccc4ccc5ccccc5c4c3)c3oc4ccccc4c23)cc1. The van der Waals surface area contributed by atoms with Crippen molar-refractivity contribution in [1.82, 2.24) is 0 Å². The first kappa shape index (κ1) is 30.5. The molecule has 10 aromatic carbocycles. The fourth-order valence-electron chi connectivity index (χ4n) is 8.49. The molecule has 0 saturated carbocycles. The van der Waals surface area contributed by atoms with Crippen LogP contribution in [0.4, 0.5) is 17.1 Å². The van der Waals surface area contributed by atoms with Gasteiger partial charge in [0.25, 0.3) is 0 Å². The molecule has 1 aromatic heterocycles. The number of para-hydroxylation sites is 1. The second kappa shape index (κ2) is 12.2. The van der Waals surface area contributed by atoms with Gasteiger partial charge in [-0.2, -0.15) is 0 Å². The average Bonchev–Trinajstić information content (AvgIpc) is 3.64. The number of rotatable bonds is 5. The van der Waals surface area contributed by atoms with E-state index in [1.54, 1.807) is 0 Å². The number of fused-ring (bicyclic) bond motifs is 9. The lowest BCUT2D eigenvalue weighted by atomic mass is 9.94. The van der Waals surface area contributed by atoms with Gasteiger partial charge in [0.15, 0.2) is 5.58 Å². The molecular formula is C52H33NO. The van der Waals surface area contributed by atoms with Crippen molar-refractivity contribution >= 4 is 82.1 Å². The third-order valence-corrected chi connectivity index (χ3v) is 11.0. The summed E-state index contributed by atoms with van der Waals surface area (Å²) in [6, 6.07) is 72.2. The van der Waals surface area contributed by atoms with Crippen LogP contribution in [0, 0.1) is 0 Å².